The maximum absolute atomic E-state index is 13.2. The third-order valence-electron chi connectivity index (χ3n) is 1.96. The summed E-state index contributed by atoms with van der Waals surface area (Å²) >= 11 is 11.3. The third-order valence-corrected chi connectivity index (χ3v) is 2.53. The van der Waals surface area contributed by atoms with Gasteiger partial charge < -0.3 is 4.42 Å². The van der Waals surface area contributed by atoms with Crippen molar-refractivity contribution in [3.8, 4) is 11.5 Å². The van der Waals surface area contributed by atoms with E-state index in [1.165, 1.54) is 12.1 Å². The maximum Gasteiger partial charge on any atom is 0.249 e. The SMILES string of the molecule is Fc1cccc(-c2nnc(CCCl)o2)c1Cl. The highest BCUT2D eigenvalue weighted by Gasteiger charge is 2.13. The van der Waals surface area contributed by atoms with Gasteiger partial charge in [-0.1, -0.05) is 17.7 Å². The van der Waals surface area contributed by atoms with Gasteiger partial charge in [-0.2, -0.15) is 0 Å². The van der Waals surface area contributed by atoms with Gasteiger partial charge in [-0.25, -0.2) is 4.39 Å². The van der Waals surface area contributed by atoms with Crippen molar-refractivity contribution in [1.29, 1.82) is 0 Å². The number of aromatic nitrogens is 2. The molecule has 3 nitrogen and oxygen atoms in total. The van der Waals surface area contributed by atoms with Crippen molar-refractivity contribution in [3.05, 3.63) is 34.9 Å². The number of alkyl halides is 1. The molecule has 16 heavy (non-hydrogen) atoms. The number of hydrogen-bond donors (Lipinski definition) is 0. The highest BCUT2D eigenvalue weighted by molar-refractivity contribution is 6.33. The fourth-order valence-electron chi connectivity index (χ4n) is 1.21. The molecule has 0 atom stereocenters. The second-order valence-corrected chi connectivity index (χ2v) is 3.80. The summed E-state index contributed by atoms with van der Waals surface area (Å²) in [5.74, 6) is 0.476. The fourth-order valence-corrected chi connectivity index (χ4v) is 1.58. The van der Waals surface area contributed by atoms with Crippen molar-refractivity contribution in [3.63, 3.8) is 0 Å². The highest BCUT2D eigenvalue weighted by Crippen LogP contribution is 2.28. The molecule has 1 aromatic carbocycles. The number of hydrogen-bond acceptors (Lipinski definition) is 3. The Balaban J connectivity index is 2.39. The first-order valence-electron chi connectivity index (χ1n) is 4.55. The summed E-state index contributed by atoms with van der Waals surface area (Å²) in [5, 5.41) is 7.53. The molecule has 2 rings (SSSR count). The predicted molar refractivity (Wildman–Crippen MR) is 59.1 cm³/mol. The zero-order valence-electron chi connectivity index (χ0n) is 8.08. The Hall–Kier alpha value is -1.13. The molecule has 0 unspecified atom stereocenters. The lowest BCUT2D eigenvalue weighted by atomic mass is 10.2. The van der Waals surface area contributed by atoms with Crippen LogP contribution in [0.1, 0.15) is 5.89 Å². The van der Waals surface area contributed by atoms with Gasteiger partial charge in [-0.15, -0.1) is 21.8 Å². The van der Waals surface area contributed by atoms with E-state index >= 15 is 0 Å². The molecule has 0 aliphatic carbocycles. The molecule has 0 fully saturated rings. The molecule has 0 N–H and O–H groups in total. The van der Waals surface area contributed by atoms with E-state index in [2.05, 4.69) is 10.2 Å². The average Bonchev–Trinajstić information content (AvgIpc) is 2.71. The van der Waals surface area contributed by atoms with Crippen LogP contribution in [0.15, 0.2) is 22.6 Å². The summed E-state index contributed by atoms with van der Waals surface area (Å²) in [5.41, 5.74) is 0.384. The number of halogens is 3. The van der Waals surface area contributed by atoms with Crippen molar-refractivity contribution < 1.29 is 8.81 Å². The lowest BCUT2D eigenvalue weighted by Gasteiger charge is -1.98. The van der Waals surface area contributed by atoms with E-state index in [1.54, 1.807) is 6.07 Å². The maximum atomic E-state index is 13.2. The minimum Gasteiger partial charge on any atom is -0.421 e. The molecule has 0 saturated carbocycles. The van der Waals surface area contributed by atoms with Gasteiger partial charge in [0.05, 0.1) is 10.6 Å². The van der Waals surface area contributed by atoms with E-state index in [0.717, 1.165) is 0 Å². The van der Waals surface area contributed by atoms with Crippen molar-refractivity contribution in [2.75, 3.05) is 5.88 Å². The Bertz CT molecular complexity index is 501. The average molecular weight is 261 g/mol. The van der Waals surface area contributed by atoms with Crippen LogP contribution in [-0.4, -0.2) is 16.1 Å². The van der Waals surface area contributed by atoms with Crippen LogP contribution in [0.25, 0.3) is 11.5 Å². The van der Waals surface area contributed by atoms with Crippen LogP contribution in [0.4, 0.5) is 4.39 Å². The number of aryl methyl sites for hydroxylation is 1. The summed E-state index contributed by atoms with van der Waals surface area (Å²) in [6.07, 6.45) is 0.474. The van der Waals surface area contributed by atoms with Crippen LogP contribution in [0.2, 0.25) is 5.02 Å². The topological polar surface area (TPSA) is 38.9 Å². The molecule has 0 radical (unpaired) electrons. The molecule has 0 aliphatic rings. The number of nitrogens with zero attached hydrogens (tertiary/aromatic N) is 2. The van der Waals surface area contributed by atoms with Gasteiger partial charge in [-0.3, -0.25) is 0 Å². The molecule has 6 heteroatoms. The van der Waals surface area contributed by atoms with E-state index in [9.17, 15) is 4.39 Å². The Morgan fingerprint density at radius 2 is 2.12 bits per heavy atom. The van der Waals surface area contributed by atoms with Gasteiger partial charge in [0.2, 0.25) is 11.8 Å². The third kappa shape index (κ3) is 2.18. The van der Waals surface area contributed by atoms with E-state index in [-0.39, 0.29) is 10.9 Å². The zero-order valence-corrected chi connectivity index (χ0v) is 9.59. The van der Waals surface area contributed by atoms with Crippen LogP contribution in [0.3, 0.4) is 0 Å². The van der Waals surface area contributed by atoms with Crippen LogP contribution in [0.5, 0.6) is 0 Å². The van der Waals surface area contributed by atoms with E-state index in [4.69, 9.17) is 27.6 Å². The van der Waals surface area contributed by atoms with Gasteiger partial charge in [0.15, 0.2) is 0 Å². The summed E-state index contributed by atoms with van der Waals surface area (Å²) in [7, 11) is 0. The van der Waals surface area contributed by atoms with Crippen molar-refractivity contribution >= 4 is 23.2 Å². The standard InChI is InChI=1S/C10H7Cl2FN2O/c11-5-4-8-14-15-10(16-8)6-2-1-3-7(13)9(6)12/h1-3H,4-5H2. The van der Waals surface area contributed by atoms with Gasteiger partial charge in [0.1, 0.15) is 5.82 Å². The van der Waals surface area contributed by atoms with Crippen LogP contribution < -0.4 is 0 Å². The Morgan fingerprint density at radius 1 is 1.31 bits per heavy atom. The molecule has 1 heterocycles. The number of rotatable bonds is 3. The van der Waals surface area contributed by atoms with E-state index in [0.29, 0.717) is 23.8 Å². The molecule has 2 aromatic rings. The van der Waals surface area contributed by atoms with Crippen molar-refractivity contribution in [1.82, 2.24) is 10.2 Å². The molecule has 0 saturated heterocycles. The van der Waals surface area contributed by atoms with Crippen molar-refractivity contribution in [2.24, 2.45) is 0 Å². The summed E-state index contributed by atoms with van der Waals surface area (Å²) in [6, 6.07) is 4.41. The van der Waals surface area contributed by atoms with Gasteiger partial charge >= 0.3 is 0 Å². The normalized spacial score (nSPS) is 10.7. The molecule has 0 amide bonds. The molecular weight excluding hydrogens is 254 g/mol. The first kappa shape index (κ1) is 11.4. The second kappa shape index (κ2) is 4.80. The molecular formula is C10H7Cl2FN2O. The van der Waals surface area contributed by atoms with Crippen LogP contribution in [-0.2, 0) is 6.42 Å². The number of benzene rings is 1. The van der Waals surface area contributed by atoms with Crippen LogP contribution in [0, 0.1) is 5.82 Å². The van der Waals surface area contributed by atoms with Crippen LogP contribution >= 0.6 is 23.2 Å². The smallest absolute Gasteiger partial charge is 0.249 e. The second-order valence-electron chi connectivity index (χ2n) is 3.04. The van der Waals surface area contributed by atoms with E-state index < -0.39 is 5.82 Å². The van der Waals surface area contributed by atoms with Crippen molar-refractivity contribution in [2.45, 2.75) is 6.42 Å². The Kier molecular flexibility index (Phi) is 3.41. The fraction of sp³-hybridized carbons (Fsp3) is 0.200. The summed E-state index contributed by atoms with van der Waals surface area (Å²) < 4.78 is 18.5. The molecule has 84 valence electrons. The Morgan fingerprint density at radius 3 is 2.88 bits per heavy atom. The van der Waals surface area contributed by atoms with Gasteiger partial charge in [-0.05, 0) is 12.1 Å². The lowest BCUT2D eigenvalue weighted by Crippen LogP contribution is -1.84. The monoisotopic (exact) mass is 260 g/mol. The predicted octanol–water partition coefficient (Wildman–Crippen LogP) is 3.31. The zero-order chi connectivity index (χ0) is 11.5. The summed E-state index contributed by atoms with van der Waals surface area (Å²) in [6.45, 7) is 0. The molecule has 0 bridgehead atoms. The Labute approximate surface area is 101 Å². The molecule has 0 spiro atoms. The largest absolute Gasteiger partial charge is 0.421 e. The molecule has 1 aromatic heterocycles. The quantitative estimate of drug-likeness (QED) is 0.795. The summed E-state index contributed by atoms with van der Waals surface area (Å²) in [4.78, 5) is 0. The first-order valence-corrected chi connectivity index (χ1v) is 5.46. The lowest BCUT2D eigenvalue weighted by molar-refractivity contribution is 0.513. The minimum absolute atomic E-state index is 0.0245. The first-order chi connectivity index (χ1) is 7.72. The van der Waals surface area contributed by atoms with E-state index in [1.807, 2.05) is 0 Å². The molecule has 0 aliphatic heterocycles. The van der Waals surface area contributed by atoms with Gasteiger partial charge in [0, 0.05) is 12.3 Å². The highest BCUT2D eigenvalue weighted by atomic mass is 35.5. The van der Waals surface area contributed by atoms with Gasteiger partial charge in [0.25, 0.3) is 0 Å². The minimum atomic E-state index is -0.517.